The summed E-state index contributed by atoms with van der Waals surface area (Å²) in [5.41, 5.74) is 7.92. The number of hydrogen-bond acceptors (Lipinski definition) is 7. The van der Waals surface area contributed by atoms with Gasteiger partial charge >= 0.3 is 0 Å². The number of aliphatic hydroxyl groups is 1. The van der Waals surface area contributed by atoms with Gasteiger partial charge in [-0.05, 0) is 62.1 Å². The number of aromatic nitrogens is 5. The van der Waals surface area contributed by atoms with E-state index in [1.807, 2.05) is 29.1 Å². The van der Waals surface area contributed by atoms with Crippen molar-refractivity contribution in [3.05, 3.63) is 81.4 Å². The van der Waals surface area contributed by atoms with E-state index in [4.69, 9.17) is 4.98 Å². The lowest BCUT2D eigenvalue weighted by atomic mass is 9.98. The van der Waals surface area contributed by atoms with E-state index in [1.54, 1.807) is 17.8 Å². The molecule has 0 atom stereocenters. The van der Waals surface area contributed by atoms with Crippen molar-refractivity contribution in [2.24, 2.45) is 7.05 Å². The molecule has 1 aliphatic carbocycles. The topological polar surface area (TPSA) is 96.4 Å². The van der Waals surface area contributed by atoms with Crippen molar-refractivity contribution >= 4 is 23.5 Å². The van der Waals surface area contributed by atoms with Crippen LogP contribution in [0.2, 0.25) is 0 Å². The Bertz CT molecular complexity index is 1690. The van der Waals surface area contributed by atoms with Gasteiger partial charge in [-0.2, -0.15) is 5.10 Å². The molecule has 40 heavy (non-hydrogen) atoms. The number of nitrogens with zero attached hydrogens (tertiary/aromatic N) is 7. The average molecular weight is 539 g/mol. The molecular weight excluding hydrogens is 504 g/mol. The Morgan fingerprint density at radius 1 is 1.02 bits per heavy atom. The van der Waals surface area contributed by atoms with Crippen LogP contribution < -0.4 is 15.8 Å². The molecule has 10 nitrogen and oxygen atoms in total. The van der Waals surface area contributed by atoms with E-state index in [1.165, 1.54) is 29.8 Å². The molecule has 0 saturated carbocycles. The highest BCUT2D eigenvalue weighted by Crippen LogP contribution is 2.34. The van der Waals surface area contributed by atoms with Gasteiger partial charge in [-0.3, -0.25) is 14.4 Å². The molecule has 4 aromatic heterocycles. The summed E-state index contributed by atoms with van der Waals surface area (Å²) < 4.78 is 5.89. The lowest BCUT2D eigenvalue weighted by Gasteiger charge is -2.27. The molecule has 0 saturated heterocycles. The van der Waals surface area contributed by atoms with Gasteiger partial charge < -0.3 is 24.5 Å². The number of fused-ring (bicyclic) bond motifs is 4. The van der Waals surface area contributed by atoms with Crippen LogP contribution in [-0.4, -0.2) is 47.5 Å². The van der Waals surface area contributed by atoms with Crippen molar-refractivity contribution in [2.75, 3.05) is 23.8 Å². The summed E-state index contributed by atoms with van der Waals surface area (Å²) in [4.78, 5) is 22.1. The molecule has 6 heterocycles. The number of nitrogens with one attached hydrogen (secondary N) is 1. The number of anilines is 3. The zero-order valence-corrected chi connectivity index (χ0v) is 23.0. The molecule has 206 valence electrons. The first-order valence-electron chi connectivity index (χ1n) is 14.0. The lowest BCUT2D eigenvalue weighted by Crippen LogP contribution is -2.30. The van der Waals surface area contributed by atoms with Crippen molar-refractivity contribution in [1.29, 1.82) is 0 Å². The first-order chi connectivity index (χ1) is 19.5. The van der Waals surface area contributed by atoms with Gasteiger partial charge in [0.1, 0.15) is 11.5 Å². The SMILES string of the molecule is CN1CCn2nc(Nc3cc(-c4ccnc(N5C=Cn6c(cc7c6CCCC7)C5)c4CO)cn(C)c3=O)cc2C1. The van der Waals surface area contributed by atoms with Crippen LogP contribution in [0, 0.1) is 0 Å². The maximum absolute atomic E-state index is 13.1. The number of aryl methyl sites for hydroxylation is 2. The van der Waals surface area contributed by atoms with Crippen molar-refractivity contribution < 1.29 is 5.11 Å². The third-order valence-electron chi connectivity index (χ3n) is 8.36. The Morgan fingerprint density at radius 3 is 2.77 bits per heavy atom. The average Bonchev–Trinajstić information content (AvgIpc) is 3.54. The van der Waals surface area contributed by atoms with Gasteiger partial charge in [0.25, 0.3) is 5.56 Å². The summed E-state index contributed by atoms with van der Waals surface area (Å²) in [5, 5.41) is 18.5. The highest BCUT2D eigenvalue weighted by atomic mass is 16.3. The Balaban J connectivity index is 1.22. The van der Waals surface area contributed by atoms with Gasteiger partial charge in [0.15, 0.2) is 5.82 Å². The van der Waals surface area contributed by atoms with Crippen LogP contribution in [0.4, 0.5) is 17.3 Å². The van der Waals surface area contributed by atoms with Gasteiger partial charge in [-0.25, -0.2) is 4.98 Å². The second-order valence-electron chi connectivity index (χ2n) is 11.1. The summed E-state index contributed by atoms with van der Waals surface area (Å²) in [6.07, 6.45) is 12.5. The molecule has 0 spiro atoms. The van der Waals surface area contributed by atoms with Crippen LogP contribution in [0.25, 0.3) is 17.3 Å². The Hall–Kier alpha value is -4.15. The third kappa shape index (κ3) is 4.24. The van der Waals surface area contributed by atoms with Gasteiger partial charge in [0.05, 0.1) is 25.4 Å². The fourth-order valence-corrected chi connectivity index (χ4v) is 6.32. The van der Waals surface area contributed by atoms with E-state index < -0.39 is 0 Å². The first kappa shape index (κ1) is 24.9. The predicted octanol–water partition coefficient (Wildman–Crippen LogP) is 3.45. The number of pyridine rings is 2. The molecular formula is C30H34N8O2. The molecule has 0 amide bonds. The second-order valence-corrected chi connectivity index (χ2v) is 11.1. The summed E-state index contributed by atoms with van der Waals surface area (Å²) in [6, 6.07) is 8.07. The smallest absolute Gasteiger partial charge is 0.274 e. The largest absolute Gasteiger partial charge is 0.392 e. The number of hydrogen-bond donors (Lipinski definition) is 2. The molecule has 0 bridgehead atoms. The van der Waals surface area contributed by atoms with Crippen molar-refractivity contribution in [1.82, 2.24) is 28.8 Å². The summed E-state index contributed by atoms with van der Waals surface area (Å²) >= 11 is 0. The molecule has 2 aliphatic heterocycles. The maximum atomic E-state index is 13.1. The minimum Gasteiger partial charge on any atom is -0.392 e. The molecule has 3 aliphatic rings. The molecule has 0 aromatic carbocycles. The molecule has 4 aromatic rings. The van der Waals surface area contributed by atoms with Gasteiger partial charge in [0.2, 0.25) is 0 Å². The third-order valence-corrected chi connectivity index (χ3v) is 8.36. The summed E-state index contributed by atoms with van der Waals surface area (Å²) in [6.45, 7) is 3.11. The predicted molar refractivity (Wildman–Crippen MR) is 155 cm³/mol. The van der Waals surface area contributed by atoms with Crippen molar-refractivity contribution in [2.45, 2.75) is 51.9 Å². The van der Waals surface area contributed by atoms with Crippen LogP contribution >= 0.6 is 0 Å². The standard InChI is InChI=1S/C30H34N8O2/c1-34-9-12-38-23(17-34)15-28(33-38)32-26-14-21(16-35(2)30(26)40)24-7-8-31-29(25(24)19-39)36-10-11-37-22(18-36)13-20-5-3-4-6-27(20)37/h7-8,10-11,13-16,39H,3-6,9,12,17-19H2,1-2H3,(H,32,33). The van der Waals surface area contributed by atoms with E-state index in [0.717, 1.165) is 60.7 Å². The van der Waals surface area contributed by atoms with E-state index in [9.17, 15) is 9.90 Å². The van der Waals surface area contributed by atoms with E-state index >= 15 is 0 Å². The molecule has 10 heteroatoms. The monoisotopic (exact) mass is 538 g/mol. The Morgan fingerprint density at radius 2 is 1.90 bits per heavy atom. The van der Waals surface area contributed by atoms with Crippen molar-refractivity contribution in [3.8, 4) is 11.1 Å². The van der Waals surface area contributed by atoms with Crippen LogP contribution in [0.5, 0.6) is 0 Å². The minimum absolute atomic E-state index is 0.143. The van der Waals surface area contributed by atoms with Crippen molar-refractivity contribution in [3.63, 3.8) is 0 Å². The van der Waals surface area contributed by atoms with Crippen LogP contribution in [0.3, 0.4) is 0 Å². The molecule has 7 rings (SSSR count). The molecule has 0 fully saturated rings. The second kappa shape index (κ2) is 9.79. The lowest BCUT2D eigenvalue weighted by molar-refractivity contribution is 0.259. The van der Waals surface area contributed by atoms with Crippen LogP contribution in [-0.2, 0) is 46.1 Å². The molecule has 0 unspecified atom stereocenters. The van der Waals surface area contributed by atoms with Gasteiger partial charge in [-0.15, -0.1) is 0 Å². The fraction of sp³-hybridized carbons (Fsp3) is 0.367. The summed E-state index contributed by atoms with van der Waals surface area (Å²) in [7, 11) is 3.84. The minimum atomic E-state index is -0.173. The van der Waals surface area contributed by atoms with E-state index in [0.29, 0.717) is 18.1 Å². The first-order valence-corrected chi connectivity index (χ1v) is 14.0. The normalized spacial score (nSPS) is 16.5. The van der Waals surface area contributed by atoms with Gasteiger partial charge in [0, 0.05) is 73.5 Å². The molecule has 2 N–H and O–H groups in total. The number of likely N-dealkylation sites (N-methyl/N-ethyl adjacent to an activating group) is 1. The zero-order valence-electron chi connectivity index (χ0n) is 23.0. The fourth-order valence-electron chi connectivity index (χ4n) is 6.32. The highest BCUT2D eigenvalue weighted by Gasteiger charge is 2.24. The molecule has 0 radical (unpaired) electrons. The quantitative estimate of drug-likeness (QED) is 0.402. The number of aliphatic hydroxyl groups excluding tert-OH is 1. The Labute approximate surface area is 232 Å². The van der Waals surface area contributed by atoms with Gasteiger partial charge in [-0.1, -0.05) is 0 Å². The van der Waals surface area contributed by atoms with Crippen LogP contribution in [0.15, 0.2) is 47.7 Å². The number of rotatable bonds is 5. The maximum Gasteiger partial charge on any atom is 0.274 e. The zero-order chi connectivity index (χ0) is 27.4. The highest BCUT2D eigenvalue weighted by molar-refractivity contribution is 5.75. The van der Waals surface area contributed by atoms with E-state index in [-0.39, 0.29) is 12.2 Å². The van der Waals surface area contributed by atoms with E-state index in [2.05, 4.69) is 50.3 Å². The Kier molecular flexibility index (Phi) is 6.09. The summed E-state index contributed by atoms with van der Waals surface area (Å²) in [5.74, 6) is 1.37. The van der Waals surface area contributed by atoms with Crippen LogP contribution in [0.1, 0.15) is 41.1 Å².